The van der Waals surface area contributed by atoms with Crippen LogP contribution in [0.1, 0.15) is 24.4 Å². The molecule has 2 heterocycles. The number of allylic oxidation sites excluding steroid dienone is 2. The van der Waals surface area contributed by atoms with Crippen LogP contribution in [0.4, 0.5) is 0 Å². The first-order valence-corrected chi connectivity index (χ1v) is 8.45. The van der Waals surface area contributed by atoms with Gasteiger partial charge >= 0.3 is 0 Å². The van der Waals surface area contributed by atoms with Crippen molar-refractivity contribution < 1.29 is 9.53 Å². The average Bonchev–Trinajstić information content (AvgIpc) is 2.87. The van der Waals surface area contributed by atoms with Gasteiger partial charge in [0.15, 0.2) is 0 Å². The maximum atomic E-state index is 12.5. The van der Waals surface area contributed by atoms with E-state index in [1.165, 1.54) is 5.56 Å². The number of hydrogen-bond donors (Lipinski definition) is 0. The molecule has 2 aliphatic heterocycles. The number of benzene rings is 1. The second kappa shape index (κ2) is 5.49. The number of halogens is 1. The number of rotatable bonds is 2. The molecule has 0 N–H and O–H groups in total. The quantitative estimate of drug-likeness (QED) is 0.826. The van der Waals surface area contributed by atoms with Crippen LogP contribution < -0.4 is 4.74 Å². The van der Waals surface area contributed by atoms with Gasteiger partial charge in [0.2, 0.25) is 0 Å². The van der Waals surface area contributed by atoms with Gasteiger partial charge in [-0.3, -0.25) is 9.79 Å². The van der Waals surface area contributed by atoms with E-state index in [4.69, 9.17) is 21.3 Å². The van der Waals surface area contributed by atoms with E-state index in [0.29, 0.717) is 11.5 Å². The van der Waals surface area contributed by atoms with Gasteiger partial charge in [0.25, 0.3) is 0 Å². The average molecular weight is 343 g/mol. The second-order valence-electron chi connectivity index (χ2n) is 6.57. The van der Waals surface area contributed by atoms with E-state index < -0.39 is 5.54 Å². The van der Waals surface area contributed by atoms with Crippen molar-refractivity contribution in [3.8, 4) is 5.75 Å². The Hall–Kier alpha value is -2.07. The third-order valence-corrected chi connectivity index (χ3v) is 5.61. The Kier molecular flexibility index (Phi) is 3.53. The lowest BCUT2D eigenvalue weighted by molar-refractivity contribution is -0.122. The zero-order valence-electron chi connectivity index (χ0n) is 13.7. The van der Waals surface area contributed by atoms with Gasteiger partial charge in [-0.25, -0.2) is 0 Å². The molecule has 1 aromatic carbocycles. The summed E-state index contributed by atoms with van der Waals surface area (Å²) in [5.41, 5.74) is 1.71. The van der Waals surface area contributed by atoms with Gasteiger partial charge in [0.05, 0.1) is 19.1 Å². The van der Waals surface area contributed by atoms with Crippen LogP contribution in [0.15, 0.2) is 52.1 Å². The number of nitrogens with zero attached hydrogens (tertiary/aromatic N) is 2. The van der Waals surface area contributed by atoms with Gasteiger partial charge in [0.1, 0.15) is 17.1 Å². The minimum absolute atomic E-state index is 0.156. The van der Waals surface area contributed by atoms with Crippen LogP contribution in [-0.2, 0) is 4.79 Å². The molecule has 3 unspecified atom stereocenters. The Labute approximate surface area is 146 Å². The fourth-order valence-electron chi connectivity index (χ4n) is 4.15. The van der Waals surface area contributed by atoms with E-state index in [1.807, 2.05) is 24.3 Å². The Balaban J connectivity index is 1.77. The van der Waals surface area contributed by atoms with Gasteiger partial charge in [-0.15, -0.1) is 0 Å². The minimum atomic E-state index is -0.507. The van der Waals surface area contributed by atoms with Gasteiger partial charge in [-0.05, 0) is 23.8 Å². The molecule has 0 aromatic heterocycles. The van der Waals surface area contributed by atoms with Crippen LogP contribution in [0.5, 0.6) is 5.75 Å². The highest BCUT2D eigenvalue weighted by atomic mass is 35.5. The lowest BCUT2D eigenvalue weighted by Gasteiger charge is -2.38. The summed E-state index contributed by atoms with van der Waals surface area (Å²) in [6, 6.07) is 8.24. The summed E-state index contributed by atoms with van der Waals surface area (Å²) in [6.45, 7) is 0. The number of methoxy groups -OCH3 is 1. The first-order valence-electron chi connectivity index (χ1n) is 8.08. The van der Waals surface area contributed by atoms with Crippen molar-refractivity contribution in [2.75, 3.05) is 14.2 Å². The predicted molar refractivity (Wildman–Crippen MR) is 94.5 cm³/mol. The van der Waals surface area contributed by atoms with Gasteiger partial charge in [0, 0.05) is 36.8 Å². The molecule has 124 valence electrons. The molecule has 4 rings (SSSR count). The number of hydrogen-bond acceptors (Lipinski definition) is 4. The van der Waals surface area contributed by atoms with Crippen LogP contribution in [-0.4, -0.2) is 36.6 Å². The summed E-state index contributed by atoms with van der Waals surface area (Å²) in [6.07, 6.45) is 6.75. The monoisotopic (exact) mass is 342 g/mol. The Morgan fingerprint density at radius 2 is 2.08 bits per heavy atom. The molecular formula is C19H19ClN2O2. The first-order chi connectivity index (χ1) is 11.5. The molecule has 3 aliphatic rings. The smallest absolute Gasteiger partial charge is 0.147 e. The fourth-order valence-corrected chi connectivity index (χ4v) is 4.38. The lowest BCUT2D eigenvalue weighted by atomic mass is 9.72. The zero-order chi connectivity index (χ0) is 16.9. The summed E-state index contributed by atoms with van der Waals surface area (Å²) in [7, 11) is 3.71. The highest BCUT2D eigenvalue weighted by Crippen LogP contribution is 2.54. The van der Waals surface area contributed by atoms with Crippen molar-refractivity contribution in [3.63, 3.8) is 0 Å². The molecular weight excluding hydrogens is 324 g/mol. The van der Waals surface area contributed by atoms with Gasteiger partial charge in [-0.1, -0.05) is 29.8 Å². The number of ketones is 1. The van der Waals surface area contributed by atoms with Crippen LogP contribution in [0.2, 0.25) is 0 Å². The second-order valence-corrected chi connectivity index (χ2v) is 7.01. The Morgan fingerprint density at radius 3 is 2.79 bits per heavy atom. The predicted octanol–water partition coefficient (Wildman–Crippen LogP) is 3.49. The minimum Gasteiger partial charge on any atom is -0.497 e. The van der Waals surface area contributed by atoms with Crippen molar-refractivity contribution >= 4 is 23.6 Å². The van der Waals surface area contributed by atoms with E-state index in [9.17, 15) is 4.79 Å². The SMILES string of the molecule is COc1ccc(C2CC34N=CCC(=O)C3C=C(Cl)C=C4N2C)cc1. The molecule has 4 nitrogen and oxygen atoms in total. The van der Waals surface area contributed by atoms with E-state index in [-0.39, 0.29) is 17.7 Å². The van der Waals surface area contributed by atoms with E-state index in [0.717, 1.165) is 17.9 Å². The topological polar surface area (TPSA) is 41.9 Å². The van der Waals surface area contributed by atoms with Crippen molar-refractivity contribution in [1.82, 2.24) is 4.90 Å². The molecule has 1 fully saturated rings. The van der Waals surface area contributed by atoms with E-state index >= 15 is 0 Å². The van der Waals surface area contributed by atoms with Crippen LogP contribution in [0, 0.1) is 5.92 Å². The summed E-state index contributed by atoms with van der Waals surface area (Å²) in [5.74, 6) is 0.765. The molecule has 0 bridgehead atoms. The summed E-state index contributed by atoms with van der Waals surface area (Å²) in [5, 5.41) is 0.623. The van der Waals surface area contributed by atoms with Crippen molar-refractivity contribution in [3.05, 3.63) is 52.7 Å². The highest BCUT2D eigenvalue weighted by Gasteiger charge is 2.55. The molecule has 0 saturated carbocycles. The maximum Gasteiger partial charge on any atom is 0.147 e. The van der Waals surface area contributed by atoms with Crippen molar-refractivity contribution in [2.45, 2.75) is 24.4 Å². The first kappa shape index (κ1) is 15.5. The molecule has 3 atom stereocenters. The molecule has 5 heteroatoms. The number of likely N-dealkylation sites (tertiary alicyclic amines) is 1. The fraction of sp³-hybridized carbons (Fsp3) is 0.368. The van der Waals surface area contributed by atoms with Crippen LogP contribution >= 0.6 is 11.6 Å². The van der Waals surface area contributed by atoms with E-state index in [1.54, 1.807) is 13.3 Å². The van der Waals surface area contributed by atoms with Crippen LogP contribution in [0.25, 0.3) is 0 Å². The van der Waals surface area contributed by atoms with Crippen molar-refractivity contribution in [2.24, 2.45) is 10.9 Å². The number of ether oxygens (including phenoxy) is 1. The van der Waals surface area contributed by atoms with Gasteiger partial charge in [-0.2, -0.15) is 0 Å². The molecule has 0 amide bonds. The summed E-state index contributed by atoms with van der Waals surface area (Å²) < 4.78 is 5.25. The standard InChI is InChI=1S/C19H19ClN2O2/c1-22-16(12-3-5-14(24-2)6-4-12)11-19-15(17(23)7-8-21-19)9-13(20)10-18(19)22/h3-6,8-10,15-16H,7,11H2,1-2H3. The molecule has 1 aromatic rings. The molecule has 24 heavy (non-hydrogen) atoms. The van der Waals surface area contributed by atoms with E-state index in [2.05, 4.69) is 24.1 Å². The molecule has 1 spiro atoms. The van der Waals surface area contributed by atoms with Gasteiger partial charge < -0.3 is 9.64 Å². The van der Waals surface area contributed by atoms with Crippen LogP contribution in [0.3, 0.4) is 0 Å². The normalized spacial score (nSPS) is 31.3. The molecule has 1 saturated heterocycles. The number of aliphatic imine (C=N–C) groups is 1. The third-order valence-electron chi connectivity index (χ3n) is 5.37. The summed E-state index contributed by atoms with van der Waals surface area (Å²) in [4.78, 5) is 19.5. The highest BCUT2D eigenvalue weighted by molar-refractivity contribution is 6.31. The van der Waals surface area contributed by atoms with Crippen molar-refractivity contribution in [1.29, 1.82) is 0 Å². The Bertz CT molecular complexity index is 781. The maximum absolute atomic E-state index is 12.5. The number of likely N-dealkylation sites (N-methyl/N-ethyl adjacent to an activating group) is 1. The zero-order valence-corrected chi connectivity index (χ0v) is 14.5. The number of carbonyl (C=O) groups is 1. The number of Topliss-reactive ketones (excluding diaryl/α,β-unsaturated/α-hetero) is 1. The Morgan fingerprint density at radius 1 is 1.33 bits per heavy atom. The molecule has 0 radical (unpaired) electrons. The lowest BCUT2D eigenvalue weighted by Crippen LogP contribution is -2.44. The largest absolute Gasteiger partial charge is 0.497 e. The molecule has 1 aliphatic carbocycles. The summed E-state index contributed by atoms with van der Waals surface area (Å²) >= 11 is 6.30. The third kappa shape index (κ3) is 2.13. The number of carbonyl (C=O) groups excluding carboxylic acids is 1.